The SMILES string of the molecule is CCn1[c-]ccc1.CCn1[c-]ccc1.[Ru+2]. The topological polar surface area (TPSA) is 9.86 Å². The summed E-state index contributed by atoms with van der Waals surface area (Å²) in [7, 11) is 0. The number of rotatable bonds is 2. The Hall–Kier alpha value is -0.817. The second-order valence-electron chi connectivity index (χ2n) is 2.85. The van der Waals surface area contributed by atoms with Crippen molar-refractivity contribution in [3.05, 3.63) is 49.1 Å². The minimum absolute atomic E-state index is 0. The van der Waals surface area contributed by atoms with Crippen LogP contribution in [0.2, 0.25) is 0 Å². The zero-order valence-corrected chi connectivity index (χ0v) is 10.9. The van der Waals surface area contributed by atoms with Crippen molar-refractivity contribution >= 4 is 0 Å². The molecule has 0 aliphatic rings. The van der Waals surface area contributed by atoms with Crippen molar-refractivity contribution in [1.82, 2.24) is 9.13 Å². The molecule has 2 aromatic heterocycles. The summed E-state index contributed by atoms with van der Waals surface area (Å²) < 4.78 is 4.00. The van der Waals surface area contributed by atoms with Crippen LogP contribution >= 0.6 is 0 Å². The van der Waals surface area contributed by atoms with Crippen molar-refractivity contribution in [3.8, 4) is 0 Å². The minimum atomic E-state index is 0. The van der Waals surface area contributed by atoms with Gasteiger partial charge in [-0.1, -0.05) is 0 Å². The van der Waals surface area contributed by atoms with E-state index in [0.29, 0.717) is 0 Å². The summed E-state index contributed by atoms with van der Waals surface area (Å²) in [5, 5.41) is 0. The van der Waals surface area contributed by atoms with Gasteiger partial charge in [0.1, 0.15) is 0 Å². The van der Waals surface area contributed by atoms with Crippen molar-refractivity contribution in [3.63, 3.8) is 0 Å². The molecule has 0 bridgehead atoms. The van der Waals surface area contributed by atoms with E-state index < -0.39 is 0 Å². The zero-order valence-electron chi connectivity index (χ0n) is 9.13. The maximum Gasteiger partial charge on any atom is 2.00 e. The molecule has 0 aromatic carbocycles. The van der Waals surface area contributed by atoms with Gasteiger partial charge in [-0.2, -0.15) is 24.3 Å². The first-order valence-corrected chi connectivity index (χ1v) is 4.92. The van der Waals surface area contributed by atoms with Crippen molar-refractivity contribution in [2.75, 3.05) is 0 Å². The number of nitrogens with zero attached hydrogens (tertiary/aromatic N) is 2. The van der Waals surface area contributed by atoms with Crippen molar-refractivity contribution < 1.29 is 19.5 Å². The van der Waals surface area contributed by atoms with Gasteiger partial charge in [-0.3, -0.25) is 0 Å². The molecule has 0 amide bonds. The molecule has 0 saturated carbocycles. The van der Waals surface area contributed by atoms with E-state index >= 15 is 0 Å². The zero-order chi connectivity index (χ0) is 10.2. The summed E-state index contributed by atoms with van der Waals surface area (Å²) in [5.41, 5.74) is 0. The minimum Gasteiger partial charge on any atom is -0.471 e. The fraction of sp³-hybridized carbons (Fsp3) is 0.333. The monoisotopic (exact) mass is 290 g/mol. The summed E-state index contributed by atoms with van der Waals surface area (Å²) in [6.07, 6.45) is 10.0. The largest absolute Gasteiger partial charge is 2.00 e. The number of aromatic nitrogens is 2. The van der Waals surface area contributed by atoms with E-state index in [9.17, 15) is 0 Å². The molecule has 0 atom stereocenters. The molecule has 2 rings (SSSR count). The van der Waals surface area contributed by atoms with Gasteiger partial charge in [0.15, 0.2) is 0 Å². The summed E-state index contributed by atoms with van der Waals surface area (Å²) in [5.74, 6) is 0. The van der Waals surface area contributed by atoms with Gasteiger partial charge >= 0.3 is 19.5 Å². The summed E-state index contributed by atoms with van der Waals surface area (Å²) in [6, 6.07) is 7.76. The smallest absolute Gasteiger partial charge is 0.471 e. The molecular formula is C12H16N2Ru. The van der Waals surface area contributed by atoms with Crippen LogP contribution in [-0.4, -0.2) is 9.13 Å². The molecule has 0 fully saturated rings. The van der Waals surface area contributed by atoms with E-state index in [1.165, 1.54) is 0 Å². The van der Waals surface area contributed by atoms with Gasteiger partial charge in [0.05, 0.1) is 0 Å². The average molecular weight is 289 g/mol. The quantitative estimate of drug-likeness (QED) is 0.594. The Balaban J connectivity index is 0.000000245. The van der Waals surface area contributed by atoms with Gasteiger partial charge in [-0.25, -0.2) is 0 Å². The molecule has 15 heavy (non-hydrogen) atoms. The molecule has 0 aliphatic heterocycles. The molecule has 0 unspecified atom stereocenters. The van der Waals surface area contributed by atoms with Gasteiger partial charge in [-0.05, 0) is 26.9 Å². The maximum absolute atomic E-state index is 3.00. The summed E-state index contributed by atoms with van der Waals surface area (Å²) in [4.78, 5) is 0. The maximum atomic E-state index is 3.00. The Bertz CT molecular complexity index is 277. The van der Waals surface area contributed by atoms with Gasteiger partial charge in [0.25, 0.3) is 0 Å². The normalized spacial score (nSPS) is 8.67. The van der Waals surface area contributed by atoms with Gasteiger partial charge < -0.3 is 9.13 Å². The first-order valence-electron chi connectivity index (χ1n) is 4.92. The van der Waals surface area contributed by atoms with Gasteiger partial charge in [0.2, 0.25) is 0 Å². The molecule has 0 aliphatic carbocycles. The van der Waals surface area contributed by atoms with Gasteiger partial charge in [-0.15, -0.1) is 24.8 Å². The van der Waals surface area contributed by atoms with Crippen LogP contribution in [0.1, 0.15) is 13.8 Å². The number of hydrogen-bond acceptors (Lipinski definition) is 0. The molecule has 3 heteroatoms. The van der Waals surface area contributed by atoms with Crippen molar-refractivity contribution in [2.45, 2.75) is 26.9 Å². The van der Waals surface area contributed by atoms with E-state index in [-0.39, 0.29) is 19.5 Å². The van der Waals surface area contributed by atoms with Crippen LogP contribution in [-0.2, 0) is 32.6 Å². The van der Waals surface area contributed by atoms with E-state index in [4.69, 9.17) is 0 Å². The first-order chi connectivity index (χ1) is 6.86. The van der Waals surface area contributed by atoms with Crippen molar-refractivity contribution in [1.29, 1.82) is 0 Å². The molecule has 2 heterocycles. The van der Waals surface area contributed by atoms with Crippen LogP contribution < -0.4 is 0 Å². The molecule has 2 nitrogen and oxygen atoms in total. The Labute approximate surface area is 105 Å². The van der Waals surface area contributed by atoms with E-state index in [0.717, 1.165) is 13.1 Å². The van der Waals surface area contributed by atoms with Crippen LogP contribution in [0, 0.1) is 12.4 Å². The summed E-state index contributed by atoms with van der Waals surface area (Å²) in [6.45, 7) is 6.23. The summed E-state index contributed by atoms with van der Waals surface area (Å²) >= 11 is 0. The van der Waals surface area contributed by atoms with Crippen LogP contribution in [0.25, 0.3) is 0 Å². The number of aryl methyl sites for hydroxylation is 2. The molecule has 82 valence electrons. The Kier molecular flexibility index (Phi) is 8.03. The first kappa shape index (κ1) is 14.2. The molecule has 0 N–H and O–H groups in total. The van der Waals surface area contributed by atoms with Gasteiger partial charge in [0, 0.05) is 0 Å². The molecule has 0 saturated heterocycles. The van der Waals surface area contributed by atoms with E-state index in [1.54, 1.807) is 0 Å². The van der Waals surface area contributed by atoms with Crippen LogP contribution in [0.15, 0.2) is 36.7 Å². The fourth-order valence-electron chi connectivity index (χ4n) is 1.05. The molecule has 2 aromatic rings. The van der Waals surface area contributed by atoms with E-state index in [2.05, 4.69) is 26.2 Å². The van der Waals surface area contributed by atoms with Crippen molar-refractivity contribution in [2.24, 2.45) is 0 Å². The number of hydrogen-bond donors (Lipinski definition) is 0. The third kappa shape index (κ3) is 5.58. The Morgan fingerprint density at radius 3 is 1.40 bits per heavy atom. The van der Waals surface area contributed by atoms with E-state index in [1.807, 2.05) is 45.8 Å². The Morgan fingerprint density at radius 1 is 0.867 bits per heavy atom. The molecular weight excluding hydrogens is 273 g/mol. The third-order valence-corrected chi connectivity index (χ3v) is 1.89. The predicted octanol–water partition coefficient (Wildman–Crippen LogP) is 2.61. The molecule has 0 radical (unpaired) electrons. The molecule has 0 spiro atoms. The predicted molar refractivity (Wildman–Crippen MR) is 57.9 cm³/mol. The van der Waals surface area contributed by atoms with Crippen LogP contribution in [0.5, 0.6) is 0 Å². The second-order valence-corrected chi connectivity index (χ2v) is 2.85. The fourth-order valence-corrected chi connectivity index (χ4v) is 1.05. The average Bonchev–Trinajstić information content (AvgIpc) is 2.92. The third-order valence-electron chi connectivity index (χ3n) is 1.89. The Morgan fingerprint density at radius 2 is 1.27 bits per heavy atom. The van der Waals surface area contributed by atoms with Crippen LogP contribution in [0.3, 0.4) is 0 Å². The van der Waals surface area contributed by atoms with Crippen LogP contribution in [0.4, 0.5) is 0 Å². The second kappa shape index (κ2) is 8.49. The standard InChI is InChI=1S/2C6H8N.Ru/c2*1-2-7-5-3-4-6-7;/h2*3-5H,2H2,1H3;/q2*-1;+2.